The van der Waals surface area contributed by atoms with E-state index in [2.05, 4.69) is 5.32 Å². The highest BCUT2D eigenvalue weighted by atomic mass is 16.5. The van der Waals surface area contributed by atoms with Gasteiger partial charge in [0.1, 0.15) is 5.75 Å². The molecule has 1 aromatic rings. The lowest BCUT2D eigenvalue weighted by Crippen LogP contribution is -2.24. The first-order valence-electron chi connectivity index (χ1n) is 5.32. The highest BCUT2D eigenvalue weighted by molar-refractivity contribution is 5.74. The van der Waals surface area contributed by atoms with E-state index in [-0.39, 0.29) is 23.7 Å². The molecule has 0 amide bonds. The Hall–Kier alpha value is -1.55. The number of benzene rings is 1. The monoisotopic (exact) mass is 221 g/mol. The maximum Gasteiger partial charge on any atom is 0.310 e. The van der Waals surface area contributed by atoms with Gasteiger partial charge in [-0.3, -0.25) is 4.79 Å². The standard InChI is InChI=1S/C12H15NO3/c1-16-12(15)10-5-6-13-11(10)8-3-2-4-9(14)7-8/h2-4,7,10-11,13-14H,5-6H2,1H3. The molecule has 16 heavy (non-hydrogen) atoms. The van der Waals surface area contributed by atoms with E-state index in [1.807, 2.05) is 6.07 Å². The molecule has 1 aliphatic heterocycles. The second-order valence-electron chi connectivity index (χ2n) is 3.95. The van der Waals surface area contributed by atoms with Crippen molar-refractivity contribution in [3.63, 3.8) is 0 Å². The van der Waals surface area contributed by atoms with E-state index in [1.165, 1.54) is 7.11 Å². The summed E-state index contributed by atoms with van der Waals surface area (Å²) in [5.74, 6) is -0.139. The SMILES string of the molecule is COC(=O)C1CCNC1c1cccc(O)c1. The number of phenols is 1. The van der Waals surface area contributed by atoms with Crippen molar-refractivity contribution in [3.05, 3.63) is 29.8 Å². The third-order valence-corrected chi connectivity index (χ3v) is 2.96. The molecule has 4 nitrogen and oxygen atoms in total. The summed E-state index contributed by atoms with van der Waals surface area (Å²) in [7, 11) is 1.40. The number of esters is 1. The fourth-order valence-corrected chi connectivity index (χ4v) is 2.18. The molecule has 0 spiro atoms. The molecule has 0 bridgehead atoms. The molecular formula is C12H15NO3. The van der Waals surface area contributed by atoms with Gasteiger partial charge in [0.15, 0.2) is 0 Å². The van der Waals surface area contributed by atoms with Crippen LogP contribution in [-0.4, -0.2) is 24.7 Å². The number of hydrogen-bond donors (Lipinski definition) is 2. The molecule has 1 heterocycles. The van der Waals surface area contributed by atoms with Crippen molar-refractivity contribution >= 4 is 5.97 Å². The van der Waals surface area contributed by atoms with Crippen molar-refractivity contribution in [2.75, 3.05) is 13.7 Å². The zero-order valence-corrected chi connectivity index (χ0v) is 9.14. The fraction of sp³-hybridized carbons (Fsp3) is 0.417. The van der Waals surface area contributed by atoms with Crippen LogP contribution < -0.4 is 5.32 Å². The van der Waals surface area contributed by atoms with Crippen LogP contribution >= 0.6 is 0 Å². The Balaban J connectivity index is 2.23. The van der Waals surface area contributed by atoms with E-state index in [4.69, 9.17) is 4.74 Å². The van der Waals surface area contributed by atoms with Crippen LogP contribution in [-0.2, 0) is 9.53 Å². The largest absolute Gasteiger partial charge is 0.508 e. The van der Waals surface area contributed by atoms with Gasteiger partial charge in [0.2, 0.25) is 0 Å². The van der Waals surface area contributed by atoms with Gasteiger partial charge in [-0.1, -0.05) is 12.1 Å². The quantitative estimate of drug-likeness (QED) is 0.737. The third kappa shape index (κ3) is 2.02. The number of methoxy groups -OCH3 is 1. The molecule has 1 aromatic carbocycles. The lowest BCUT2D eigenvalue weighted by Gasteiger charge is -2.17. The van der Waals surface area contributed by atoms with E-state index in [1.54, 1.807) is 18.2 Å². The zero-order valence-electron chi connectivity index (χ0n) is 9.14. The Bertz CT molecular complexity index is 392. The minimum absolute atomic E-state index is 0.0560. The van der Waals surface area contributed by atoms with E-state index < -0.39 is 0 Å². The summed E-state index contributed by atoms with van der Waals surface area (Å²) in [6.45, 7) is 0.792. The van der Waals surface area contributed by atoms with Crippen LogP contribution in [0.15, 0.2) is 24.3 Å². The molecule has 0 saturated carbocycles. The van der Waals surface area contributed by atoms with Gasteiger partial charge in [-0.25, -0.2) is 0 Å². The highest BCUT2D eigenvalue weighted by Gasteiger charge is 2.34. The predicted molar refractivity (Wildman–Crippen MR) is 59.0 cm³/mol. The van der Waals surface area contributed by atoms with E-state index in [0.717, 1.165) is 18.5 Å². The number of rotatable bonds is 2. The maximum absolute atomic E-state index is 11.6. The van der Waals surface area contributed by atoms with Crippen molar-refractivity contribution in [1.29, 1.82) is 0 Å². The van der Waals surface area contributed by atoms with Crippen LogP contribution in [0, 0.1) is 5.92 Å². The molecular weight excluding hydrogens is 206 g/mol. The van der Waals surface area contributed by atoms with Gasteiger partial charge in [0, 0.05) is 6.04 Å². The summed E-state index contributed by atoms with van der Waals surface area (Å²) >= 11 is 0. The average molecular weight is 221 g/mol. The maximum atomic E-state index is 11.6. The summed E-state index contributed by atoms with van der Waals surface area (Å²) in [4.78, 5) is 11.6. The molecule has 0 aliphatic carbocycles. The van der Waals surface area contributed by atoms with Gasteiger partial charge in [-0.05, 0) is 30.7 Å². The lowest BCUT2D eigenvalue weighted by atomic mass is 9.94. The molecule has 2 unspecified atom stereocenters. The zero-order chi connectivity index (χ0) is 11.5. The van der Waals surface area contributed by atoms with Crippen molar-refractivity contribution in [3.8, 4) is 5.75 Å². The van der Waals surface area contributed by atoms with Crippen molar-refractivity contribution in [2.45, 2.75) is 12.5 Å². The first-order chi connectivity index (χ1) is 7.72. The van der Waals surface area contributed by atoms with E-state index in [0.29, 0.717) is 0 Å². The number of ether oxygens (including phenoxy) is 1. The van der Waals surface area contributed by atoms with Crippen LogP contribution in [0.4, 0.5) is 0 Å². The van der Waals surface area contributed by atoms with Crippen LogP contribution in [0.25, 0.3) is 0 Å². The topological polar surface area (TPSA) is 58.6 Å². The summed E-state index contributed by atoms with van der Waals surface area (Å²) in [5.41, 5.74) is 0.924. The summed E-state index contributed by atoms with van der Waals surface area (Å²) < 4.78 is 4.77. The molecule has 2 N–H and O–H groups in total. The van der Waals surface area contributed by atoms with Crippen LogP contribution in [0.5, 0.6) is 5.75 Å². The van der Waals surface area contributed by atoms with Crippen LogP contribution in [0.3, 0.4) is 0 Å². The van der Waals surface area contributed by atoms with Gasteiger partial charge in [-0.15, -0.1) is 0 Å². The average Bonchev–Trinajstić information content (AvgIpc) is 2.77. The lowest BCUT2D eigenvalue weighted by molar-refractivity contribution is -0.145. The molecule has 86 valence electrons. The molecule has 0 radical (unpaired) electrons. The van der Waals surface area contributed by atoms with Gasteiger partial charge in [0.05, 0.1) is 13.0 Å². The molecule has 1 aliphatic rings. The van der Waals surface area contributed by atoms with Crippen LogP contribution in [0.2, 0.25) is 0 Å². The Labute approximate surface area is 94.2 Å². The Morgan fingerprint density at radius 2 is 2.38 bits per heavy atom. The van der Waals surface area contributed by atoms with Crippen LogP contribution in [0.1, 0.15) is 18.0 Å². The number of aromatic hydroxyl groups is 1. The summed E-state index contributed by atoms with van der Waals surface area (Å²) in [6.07, 6.45) is 0.771. The molecule has 0 aromatic heterocycles. The predicted octanol–water partition coefficient (Wildman–Crippen LogP) is 1.22. The molecule has 2 rings (SSSR count). The van der Waals surface area contributed by atoms with Gasteiger partial charge in [-0.2, -0.15) is 0 Å². The second kappa shape index (κ2) is 4.53. The van der Waals surface area contributed by atoms with Crippen molar-refractivity contribution in [1.82, 2.24) is 5.32 Å². The molecule has 4 heteroatoms. The number of nitrogens with one attached hydrogen (secondary N) is 1. The molecule has 2 atom stereocenters. The van der Waals surface area contributed by atoms with Gasteiger partial charge >= 0.3 is 5.97 Å². The van der Waals surface area contributed by atoms with Gasteiger partial charge < -0.3 is 15.2 Å². The van der Waals surface area contributed by atoms with E-state index in [9.17, 15) is 9.90 Å². The minimum Gasteiger partial charge on any atom is -0.508 e. The fourth-order valence-electron chi connectivity index (χ4n) is 2.18. The minimum atomic E-state index is -0.196. The number of carbonyl (C=O) groups is 1. The van der Waals surface area contributed by atoms with Gasteiger partial charge in [0.25, 0.3) is 0 Å². The first-order valence-corrected chi connectivity index (χ1v) is 5.32. The smallest absolute Gasteiger partial charge is 0.310 e. The number of carbonyl (C=O) groups excluding carboxylic acids is 1. The normalized spacial score (nSPS) is 24.3. The molecule has 1 saturated heterocycles. The summed E-state index contributed by atoms with van der Waals surface area (Å²) in [5, 5.41) is 12.7. The summed E-state index contributed by atoms with van der Waals surface area (Å²) in [6, 6.07) is 6.92. The second-order valence-corrected chi connectivity index (χ2v) is 3.95. The Morgan fingerprint density at radius 3 is 3.06 bits per heavy atom. The number of phenolic OH excluding ortho intramolecular Hbond substituents is 1. The van der Waals surface area contributed by atoms with Crippen molar-refractivity contribution in [2.24, 2.45) is 5.92 Å². The Kier molecular flexibility index (Phi) is 3.10. The first kappa shape index (κ1) is 11.0. The third-order valence-electron chi connectivity index (χ3n) is 2.96. The van der Waals surface area contributed by atoms with Crippen molar-refractivity contribution < 1.29 is 14.6 Å². The number of hydrogen-bond acceptors (Lipinski definition) is 4. The molecule has 1 fully saturated rings. The van der Waals surface area contributed by atoms with E-state index >= 15 is 0 Å². The Morgan fingerprint density at radius 1 is 1.56 bits per heavy atom. The highest BCUT2D eigenvalue weighted by Crippen LogP contribution is 2.31.